The number of amides is 1. The fourth-order valence-electron chi connectivity index (χ4n) is 8.43. The van der Waals surface area contributed by atoms with Crippen LogP contribution in [0, 0.1) is 11.8 Å². The molecular formula is C53H104N2O6. The van der Waals surface area contributed by atoms with Crippen LogP contribution in [0.15, 0.2) is 0 Å². The van der Waals surface area contributed by atoms with Crippen molar-refractivity contribution in [1.82, 2.24) is 10.2 Å². The molecule has 0 aliphatic rings. The van der Waals surface area contributed by atoms with E-state index in [0.717, 1.165) is 95.7 Å². The molecule has 0 aliphatic heterocycles. The van der Waals surface area contributed by atoms with E-state index >= 15 is 0 Å². The molecule has 0 aromatic carbocycles. The molecule has 0 aromatic heterocycles. The van der Waals surface area contributed by atoms with Gasteiger partial charge in [-0.2, -0.15) is 0 Å². The Balaban J connectivity index is 4.39. The molecule has 0 rings (SSSR count). The smallest absolute Gasteiger partial charge is 0.407 e. The molecule has 0 aromatic rings. The number of hydrogen-bond acceptors (Lipinski definition) is 7. The molecular weight excluding hydrogens is 761 g/mol. The number of unbranched alkanes of at least 4 members (excludes halogenated alkanes) is 17. The molecule has 8 nitrogen and oxygen atoms in total. The number of carbonyl (C=O) groups is 3. The van der Waals surface area contributed by atoms with E-state index in [0.29, 0.717) is 32.6 Å². The van der Waals surface area contributed by atoms with Gasteiger partial charge in [-0.25, -0.2) is 4.79 Å². The fourth-order valence-corrected chi connectivity index (χ4v) is 8.43. The van der Waals surface area contributed by atoms with Crippen molar-refractivity contribution < 1.29 is 28.6 Å². The van der Waals surface area contributed by atoms with Crippen molar-refractivity contribution >= 4 is 18.0 Å². The first-order valence-electron chi connectivity index (χ1n) is 26.5. The van der Waals surface area contributed by atoms with E-state index in [9.17, 15) is 14.4 Å². The van der Waals surface area contributed by atoms with Crippen LogP contribution in [-0.4, -0.2) is 67.9 Å². The number of alkyl carbamates (subject to hydrolysis) is 1. The van der Waals surface area contributed by atoms with E-state index in [4.69, 9.17) is 14.2 Å². The molecule has 1 N–H and O–H groups in total. The quantitative estimate of drug-likeness (QED) is 0.0370. The Morgan fingerprint density at radius 1 is 0.443 bits per heavy atom. The topological polar surface area (TPSA) is 94.2 Å². The second kappa shape index (κ2) is 43.4. The Morgan fingerprint density at radius 2 is 0.787 bits per heavy atom. The summed E-state index contributed by atoms with van der Waals surface area (Å²) in [6.07, 6.45) is 39.2. The van der Waals surface area contributed by atoms with Gasteiger partial charge in [-0.15, -0.1) is 0 Å². The first-order valence-corrected chi connectivity index (χ1v) is 26.5. The van der Waals surface area contributed by atoms with Crippen LogP contribution in [0.5, 0.6) is 0 Å². The normalized spacial score (nSPS) is 11.8. The van der Waals surface area contributed by atoms with Gasteiger partial charge in [-0.1, -0.05) is 169 Å². The standard InChI is InChI=1S/C53H104N2O6/c1-8-12-22-34-48(35-23-13-9-2)38-32-46-59-50(56)40-26-18-16-20-29-43-55(45-31-28-42-54-52(58)61-53(5,6)7)44-30-21-17-19-27-41-51(57)60-47-33-39-49(36-24-14-10-3)37-25-15-11-4/h48-49H,8-47H2,1-7H3,(H,54,58). The van der Waals surface area contributed by atoms with E-state index in [-0.39, 0.29) is 18.0 Å². The highest BCUT2D eigenvalue weighted by Crippen LogP contribution is 2.24. The summed E-state index contributed by atoms with van der Waals surface area (Å²) in [5, 5.41) is 2.90. The SMILES string of the molecule is CCCCCC(CCCCC)CCCOC(=O)CCCCCCCN(CCCCCCCC(=O)OCCCC(CCCCC)CCCCC)CCCCNC(=O)OC(C)(C)C. The molecule has 0 heterocycles. The summed E-state index contributed by atoms with van der Waals surface area (Å²) in [6, 6.07) is 0. The van der Waals surface area contributed by atoms with Crippen molar-refractivity contribution in [2.45, 2.75) is 272 Å². The third kappa shape index (κ3) is 43.2. The molecule has 0 aliphatic carbocycles. The molecule has 61 heavy (non-hydrogen) atoms. The molecule has 0 saturated carbocycles. The van der Waals surface area contributed by atoms with Crippen molar-refractivity contribution in [2.24, 2.45) is 11.8 Å². The Morgan fingerprint density at radius 3 is 1.16 bits per heavy atom. The van der Waals surface area contributed by atoms with E-state index < -0.39 is 5.60 Å². The number of nitrogens with zero attached hydrogens (tertiary/aromatic N) is 1. The zero-order chi connectivity index (χ0) is 45.1. The van der Waals surface area contributed by atoms with Gasteiger partial charge in [0.25, 0.3) is 0 Å². The molecule has 0 bridgehead atoms. The van der Waals surface area contributed by atoms with Gasteiger partial charge in [-0.3, -0.25) is 9.59 Å². The Bertz CT molecular complexity index is 906. The van der Waals surface area contributed by atoms with Gasteiger partial charge in [-0.05, 0) is 116 Å². The minimum absolute atomic E-state index is 0.0225. The lowest BCUT2D eigenvalue weighted by Crippen LogP contribution is -2.33. The Labute approximate surface area is 379 Å². The number of ether oxygens (including phenoxy) is 3. The summed E-state index contributed by atoms with van der Waals surface area (Å²) in [7, 11) is 0. The molecule has 8 heteroatoms. The summed E-state index contributed by atoms with van der Waals surface area (Å²) in [4.78, 5) is 39.4. The van der Waals surface area contributed by atoms with Crippen molar-refractivity contribution in [2.75, 3.05) is 39.4 Å². The zero-order valence-electron chi connectivity index (χ0n) is 41.8. The first-order chi connectivity index (χ1) is 29.5. The average molecular weight is 865 g/mol. The lowest BCUT2D eigenvalue weighted by molar-refractivity contribution is -0.144. The highest BCUT2D eigenvalue weighted by atomic mass is 16.6. The second-order valence-electron chi connectivity index (χ2n) is 19.5. The number of nitrogens with one attached hydrogen (secondary N) is 1. The molecule has 0 unspecified atom stereocenters. The van der Waals surface area contributed by atoms with Crippen LogP contribution in [0.3, 0.4) is 0 Å². The largest absolute Gasteiger partial charge is 0.466 e. The maximum Gasteiger partial charge on any atom is 0.407 e. The number of rotatable bonds is 45. The maximum atomic E-state index is 12.4. The van der Waals surface area contributed by atoms with Gasteiger partial charge >= 0.3 is 18.0 Å². The maximum absolute atomic E-state index is 12.4. The summed E-state index contributed by atoms with van der Waals surface area (Å²) in [6.45, 7) is 19.7. The fraction of sp³-hybridized carbons (Fsp3) is 0.943. The molecule has 0 spiro atoms. The van der Waals surface area contributed by atoms with Gasteiger partial charge < -0.3 is 24.4 Å². The van der Waals surface area contributed by atoms with Gasteiger partial charge in [0.2, 0.25) is 0 Å². The molecule has 0 radical (unpaired) electrons. The Hall–Kier alpha value is -1.83. The second-order valence-corrected chi connectivity index (χ2v) is 19.5. The molecule has 0 saturated heterocycles. The van der Waals surface area contributed by atoms with Crippen LogP contribution in [0.25, 0.3) is 0 Å². The lowest BCUT2D eigenvalue weighted by Gasteiger charge is -2.23. The third-order valence-corrected chi connectivity index (χ3v) is 12.2. The van der Waals surface area contributed by atoms with Crippen LogP contribution in [0.1, 0.15) is 267 Å². The van der Waals surface area contributed by atoms with Gasteiger partial charge in [0, 0.05) is 19.4 Å². The van der Waals surface area contributed by atoms with Crippen molar-refractivity contribution in [3.8, 4) is 0 Å². The molecule has 0 atom stereocenters. The molecule has 1 amide bonds. The third-order valence-electron chi connectivity index (χ3n) is 12.2. The minimum Gasteiger partial charge on any atom is -0.466 e. The van der Waals surface area contributed by atoms with Crippen LogP contribution in [0.4, 0.5) is 4.79 Å². The average Bonchev–Trinajstić information content (AvgIpc) is 3.21. The lowest BCUT2D eigenvalue weighted by atomic mass is 9.91. The van der Waals surface area contributed by atoms with E-state index in [1.165, 1.54) is 141 Å². The minimum atomic E-state index is -0.483. The van der Waals surface area contributed by atoms with Crippen LogP contribution in [0.2, 0.25) is 0 Å². The van der Waals surface area contributed by atoms with Gasteiger partial charge in [0.1, 0.15) is 5.60 Å². The van der Waals surface area contributed by atoms with Crippen molar-refractivity contribution in [3.05, 3.63) is 0 Å². The summed E-state index contributed by atoms with van der Waals surface area (Å²) < 4.78 is 16.6. The summed E-state index contributed by atoms with van der Waals surface area (Å²) >= 11 is 0. The number of hydrogen-bond donors (Lipinski definition) is 1. The monoisotopic (exact) mass is 865 g/mol. The predicted octanol–water partition coefficient (Wildman–Crippen LogP) is 15.5. The van der Waals surface area contributed by atoms with Crippen LogP contribution in [-0.2, 0) is 23.8 Å². The number of esters is 2. The summed E-state index contributed by atoms with van der Waals surface area (Å²) in [5.41, 5.74) is -0.483. The highest BCUT2D eigenvalue weighted by molar-refractivity contribution is 5.69. The van der Waals surface area contributed by atoms with Crippen LogP contribution >= 0.6 is 0 Å². The molecule has 0 fully saturated rings. The van der Waals surface area contributed by atoms with E-state index in [1.54, 1.807) is 0 Å². The summed E-state index contributed by atoms with van der Waals surface area (Å²) in [5.74, 6) is 1.54. The zero-order valence-corrected chi connectivity index (χ0v) is 41.8. The highest BCUT2D eigenvalue weighted by Gasteiger charge is 2.16. The first kappa shape index (κ1) is 59.2. The Kier molecular flexibility index (Phi) is 42.1. The van der Waals surface area contributed by atoms with Crippen LogP contribution < -0.4 is 5.32 Å². The number of carbonyl (C=O) groups excluding carboxylic acids is 3. The van der Waals surface area contributed by atoms with E-state index in [2.05, 4.69) is 37.9 Å². The van der Waals surface area contributed by atoms with E-state index in [1.807, 2.05) is 20.8 Å². The van der Waals surface area contributed by atoms with Crippen molar-refractivity contribution in [3.63, 3.8) is 0 Å². The van der Waals surface area contributed by atoms with Crippen molar-refractivity contribution in [1.29, 1.82) is 0 Å². The predicted molar refractivity (Wildman–Crippen MR) is 259 cm³/mol. The van der Waals surface area contributed by atoms with Gasteiger partial charge in [0.15, 0.2) is 0 Å². The molecule has 362 valence electrons. The van der Waals surface area contributed by atoms with Gasteiger partial charge in [0.05, 0.1) is 13.2 Å².